The number of carbonyl (C=O) groups excluding carboxylic acids is 1. The van der Waals surface area contributed by atoms with Gasteiger partial charge in [0.15, 0.2) is 17.6 Å². The molecule has 0 fully saturated rings. The summed E-state index contributed by atoms with van der Waals surface area (Å²) < 4.78 is 17.2. The van der Waals surface area contributed by atoms with Gasteiger partial charge in [-0.25, -0.2) is 0 Å². The van der Waals surface area contributed by atoms with Gasteiger partial charge in [-0.3, -0.25) is 4.79 Å². The van der Waals surface area contributed by atoms with Crippen LogP contribution in [0.15, 0.2) is 54.6 Å². The number of para-hydroxylation sites is 3. The minimum absolute atomic E-state index is 0.149. The van der Waals surface area contributed by atoms with E-state index < -0.39 is 6.10 Å². The van der Waals surface area contributed by atoms with Crippen molar-refractivity contribution >= 4 is 5.91 Å². The maximum atomic E-state index is 12.3. The van der Waals surface area contributed by atoms with Gasteiger partial charge in [-0.15, -0.1) is 0 Å². The highest BCUT2D eigenvalue weighted by atomic mass is 16.6. The van der Waals surface area contributed by atoms with Crippen molar-refractivity contribution in [2.45, 2.75) is 25.6 Å². The Balaban J connectivity index is 1.51. The molecule has 2 atom stereocenters. The van der Waals surface area contributed by atoms with E-state index >= 15 is 0 Å². The van der Waals surface area contributed by atoms with Gasteiger partial charge in [0, 0.05) is 0 Å². The number of carbonyl (C=O) groups is 1. The molecule has 24 heavy (non-hydrogen) atoms. The van der Waals surface area contributed by atoms with Crippen molar-refractivity contribution < 1.29 is 19.0 Å². The van der Waals surface area contributed by atoms with Crippen LogP contribution in [0.2, 0.25) is 0 Å². The summed E-state index contributed by atoms with van der Waals surface area (Å²) in [5, 5.41) is 2.89. The van der Waals surface area contributed by atoms with E-state index in [2.05, 4.69) is 5.32 Å². The van der Waals surface area contributed by atoms with Gasteiger partial charge in [-0.1, -0.05) is 37.3 Å². The van der Waals surface area contributed by atoms with Crippen LogP contribution in [0.5, 0.6) is 17.2 Å². The lowest BCUT2D eigenvalue weighted by Gasteiger charge is -2.27. The zero-order valence-corrected chi connectivity index (χ0v) is 13.6. The molecule has 2 aromatic carbocycles. The Morgan fingerprint density at radius 2 is 1.88 bits per heavy atom. The van der Waals surface area contributed by atoms with Gasteiger partial charge in [0.25, 0.3) is 5.91 Å². The predicted molar refractivity (Wildman–Crippen MR) is 90.5 cm³/mol. The van der Waals surface area contributed by atoms with Crippen LogP contribution in [0.4, 0.5) is 0 Å². The van der Waals surface area contributed by atoms with E-state index in [9.17, 15) is 4.79 Å². The average molecular weight is 327 g/mol. The minimum atomic E-state index is -0.524. The van der Waals surface area contributed by atoms with Crippen LogP contribution in [-0.4, -0.2) is 31.3 Å². The molecule has 0 unspecified atom stereocenters. The molecule has 0 spiro atoms. The molecule has 1 heterocycles. The van der Waals surface area contributed by atoms with Gasteiger partial charge >= 0.3 is 0 Å². The Morgan fingerprint density at radius 1 is 1.17 bits per heavy atom. The van der Waals surface area contributed by atoms with E-state index in [1.54, 1.807) is 0 Å². The van der Waals surface area contributed by atoms with Crippen molar-refractivity contribution in [1.29, 1.82) is 0 Å². The fourth-order valence-corrected chi connectivity index (χ4v) is 2.48. The molecule has 1 N–H and O–H groups in total. The highest BCUT2D eigenvalue weighted by molar-refractivity contribution is 5.81. The van der Waals surface area contributed by atoms with Gasteiger partial charge in [0.05, 0.1) is 6.54 Å². The highest BCUT2D eigenvalue weighted by Gasteiger charge is 2.23. The van der Waals surface area contributed by atoms with E-state index in [1.807, 2.05) is 61.5 Å². The Hall–Kier alpha value is -2.69. The first-order valence-corrected chi connectivity index (χ1v) is 8.14. The number of hydrogen-bond donors (Lipinski definition) is 1. The van der Waals surface area contributed by atoms with Gasteiger partial charge in [-0.05, 0) is 30.7 Å². The summed E-state index contributed by atoms with van der Waals surface area (Å²) in [7, 11) is 0. The summed E-state index contributed by atoms with van der Waals surface area (Å²) in [4.78, 5) is 12.3. The molecular formula is C19H21NO4. The third-order valence-corrected chi connectivity index (χ3v) is 3.76. The van der Waals surface area contributed by atoms with Crippen LogP contribution in [0.3, 0.4) is 0 Å². The monoisotopic (exact) mass is 327 g/mol. The van der Waals surface area contributed by atoms with Crippen LogP contribution in [-0.2, 0) is 4.79 Å². The topological polar surface area (TPSA) is 56.8 Å². The van der Waals surface area contributed by atoms with E-state index in [0.717, 1.165) is 5.75 Å². The number of fused-ring (bicyclic) bond motifs is 1. The quantitative estimate of drug-likeness (QED) is 0.886. The fraction of sp³-hybridized carbons (Fsp3) is 0.316. The second-order valence-electron chi connectivity index (χ2n) is 5.57. The van der Waals surface area contributed by atoms with Crippen LogP contribution in [0.1, 0.15) is 13.3 Å². The maximum Gasteiger partial charge on any atom is 0.261 e. The first kappa shape index (κ1) is 16.2. The van der Waals surface area contributed by atoms with Crippen molar-refractivity contribution in [1.82, 2.24) is 5.32 Å². The summed E-state index contributed by atoms with van der Waals surface area (Å²) in [5.74, 6) is 1.98. The largest absolute Gasteiger partial charge is 0.486 e. The molecule has 0 saturated heterocycles. The molecule has 2 aromatic rings. The molecule has 3 rings (SSSR count). The number of rotatable bonds is 6. The molecule has 5 nitrogen and oxygen atoms in total. The Kier molecular flexibility index (Phi) is 5.21. The zero-order valence-electron chi connectivity index (χ0n) is 13.6. The van der Waals surface area contributed by atoms with Crippen LogP contribution in [0, 0.1) is 0 Å². The summed E-state index contributed by atoms with van der Waals surface area (Å²) in [5.41, 5.74) is 0. The van der Waals surface area contributed by atoms with E-state index in [-0.39, 0.29) is 12.0 Å². The molecule has 0 saturated carbocycles. The van der Waals surface area contributed by atoms with E-state index in [4.69, 9.17) is 14.2 Å². The Bertz CT molecular complexity index is 674. The molecule has 0 aromatic heterocycles. The number of amides is 1. The van der Waals surface area contributed by atoms with Crippen molar-refractivity contribution in [2.24, 2.45) is 0 Å². The summed E-state index contributed by atoms with van der Waals surface area (Å²) in [6.45, 7) is 2.71. The maximum absolute atomic E-state index is 12.3. The predicted octanol–water partition coefficient (Wildman–Crippen LogP) is 2.80. The van der Waals surface area contributed by atoms with Crippen molar-refractivity contribution in [3.8, 4) is 17.2 Å². The lowest BCUT2D eigenvalue weighted by atomic mass is 10.2. The van der Waals surface area contributed by atoms with Gasteiger partial charge in [-0.2, -0.15) is 0 Å². The zero-order chi connectivity index (χ0) is 16.8. The lowest BCUT2D eigenvalue weighted by Crippen LogP contribution is -2.45. The third-order valence-electron chi connectivity index (χ3n) is 3.76. The molecule has 0 aliphatic carbocycles. The van der Waals surface area contributed by atoms with E-state index in [0.29, 0.717) is 31.1 Å². The average Bonchev–Trinajstić information content (AvgIpc) is 2.65. The van der Waals surface area contributed by atoms with E-state index in [1.165, 1.54) is 0 Å². The molecule has 5 heteroatoms. The number of ether oxygens (including phenoxy) is 3. The first-order valence-electron chi connectivity index (χ1n) is 8.14. The van der Waals surface area contributed by atoms with Gasteiger partial charge in [0.1, 0.15) is 18.5 Å². The molecule has 0 radical (unpaired) electrons. The van der Waals surface area contributed by atoms with Gasteiger partial charge < -0.3 is 19.5 Å². The van der Waals surface area contributed by atoms with Crippen molar-refractivity contribution in [2.75, 3.05) is 13.2 Å². The summed E-state index contributed by atoms with van der Waals surface area (Å²) >= 11 is 0. The number of nitrogens with one attached hydrogen (secondary N) is 1. The molecule has 1 aliphatic rings. The fourth-order valence-electron chi connectivity index (χ4n) is 2.48. The molecule has 1 amide bonds. The van der Waals surface area contributed by atoms with Crippen LogP contribution >= 0.6 is 0 Å². The third kappa shape index (κ3) is 3.98. The van der Waals surface area contributed by atoms with Crippen molar-refractivity contribution in [3.63, 3.8) is 0 Å². The standard InChI is InChI=1S/C19H21NO4/c1-2-16(23-14-8-4-3-5-9-14)19(21)20-12-15-13-22-17-10-6-7-11-18(17)24-15/h3-11,15-16H,2,12-13H2,1H3,(H,20,21)/t15-,16+/m1/s1. The summed E-state index contributed by atoms with van der Waals surface area (Å²) in [6, 6.07) is 16.9. The molecule has 126 valence electrons. The van der Waals surface area contributed by atoms with Gasteiger partial charge in [0.2, 0.25) is 0 Å². The normalized spacial score (nSPS) is 17.0. The van der Waals surface area contributed by atoms with Crippen LogP contribution < -0.4 is 19.5 Å². The second-order valence-corrected chi connectivity index (χ2v) is 5.57. The second kappa shape index (κ2) is 7.73. The molecule has 1 aliphatic heterocycles. The summed E-state index contributed by atoms with van der Waals surface area (Å²) in [6.07, 6.45) is -0.145. The number of hydrogen-bond acceptors (Lipinski definition) is 4. The Labute approximate surface area is 141 Å². The molecular weight excluding hydrogens is 306 g/mol. The SMILES string of the molecule is CC[C@H](Oc1ccccc1)C(=O)NC[C@@H]1COc2ccccc2O1. The smallest absolute Gasteiger partial charge is 0.261 e. The minimum Gasteiger partial charge on any atom is -0.486 e. The van der Waals surface area contributed by atoms with Crippen molar-refractivity contribution in [3.05, 3.63) is 54.6 Å². The van der Waals surface area contributed by atoms with Crippen LogP contribution in [0.25, 0.3) is 0 Å². The number of benzene rings is 2. The first-order chi connectivity index (χ1) is 11.8. The Morgan fingerprint density at radius 3 is 2.62 bits per heavy atom. The lowest BCUT2D eigenvalue weighted by molar-refractivity contribution is -0.128. The molecule has 0 bridgehead atoms. The highest BCUT2D eigenvalue weighted by Crippen LogP contribution is 2.30.